The molecule has 0 aliphatic carbocycles. The summed E-state index contributed by atoms with van der Waals surface area (Å²) in [5.74, 6) is -1.22. The SMILES string of the molecule is CC12CCCN1S(=O)(=O)C(C(=O)O)C2. The molecule has 2 saturated heterocycles. The Kier molecular flexibility index (Phi) is 1.91. The molecular weight excluding hydrogens is 206 g/mol. The highest BCUT2D eigenvalue weighted by Gasteiger charge is 2.57. The Morgan fingerprint density at radius 3 is 2.71 bits per heavy atom. The molecule has 1 N–H and O–H groups in total. The largest absolute Gasteiger partial charge is 0.480 e. The van der Waals surface area contributed by atoms with Crippen LogP contribution in [0.2, 0.25) is 0 Å². The molecule has 2 aliphatic rings. The fourth-order valence-electron chi connectivity index (χ4n) is 2.51. The molecule has 2 aliphatic heterocycles. The van der Waals surface area contributed by atoms with Crippen LogP contribution < -0.4 is 0 Å². The number of fused-ring (bicyclic) bond motifs is 1. The summed E-state index contributed by atoms with van der Waals surface area (Å²) in [6, 6.07) is 0. The van der Waals surface area contributed by atoms with Crippen LogP contribution in [0.25, 0.3) is 0 Å². The van der Waals surface area contributed by atoms with Gasteiger partial charge in [0.15, 0.2) is 5.25 Å². The maximum absolute atomic E-state index is 11.8. The van der Waals surface area contributed by atoms with Crippen LogP contribution in [-0.4, -0.2) is 41.1 Å². The minimum Gasteiger partial charge on any atom is -0.480 e. The van der Waals surface area contributed by atoms with E-state index in [0.717, 1.165) is 12.8 Å². The van der Waals surface area contributed by atoms with Gasteiger partial charge < -0.3 is 5.11 Å². The van der Waals surface area contributed by atoms with Gasteiger partial charge in [-0.1, -0.05) is 0 Å². The zero-order valence-electron chi connectivity index (χ0n) is 7.93. The van der Waals surface area contributed by atoms with Crippen LogP contribution in [0.5, 0.6) is 0 Å². The van der Waals surface area contributed by atoms with Gasteiger partial charge in [-0.05, 0) is 26.2 Å². The lowest BCUT2D eigenvalue weighted by Gasteiger charge is -2.24. The maximum atomic E-state index is 11.8. The molecule has 0 amide bonds. The zero-order chi connectivity index (χ0) is 10.6. The predicted octanol–water partition coefficient (Wildman–Crippen LogP) is 0.0276. The number of sulfonamides is 1. The highest BCUT2D eigenvalue weighted by molar-refractivity contribution is 7.90. The molecule has 0 spiro atoms. The van der Waals surface area contributed by atoms with E-state index >= 15 is 0 Å². The minimum atomic E-state index is -3.59. The monoisotopic (exact) mass is 219 g/mol. The van der Waals surface area contributed by atoms with Gasteiger partial charge in [0.2, 0.25) is 10.0 Å². The molecule has 0 bridgehead atoms. The topological polar surface area (TPSA) is 74.7 Å². The van der Waals surface area contributed by atoms with Crippen molar-refractivity contribution in [2.75, 3.05) is 6.54 Å². The van der Waals surface area contributed by atoms with Crippen LogP contribution in [0.1, 0.15) is 26.2 Å². The maximum Gasteiger partial charge on any atom is 0.323 e. The number of nitrogens with zero attached hydrogens (tertiary/aromatic N) is 1. The molecule has 2 heterocycles. The van der Waals surface area contributed by atoms with E-state index in [0.29, 0.717) is 6.54 Å². The van der Waals surface area contributed by atoms with Gasteiger partial charge in [0.1, 0.15) is 0 Å². The summed E-state index contributed by atoms with van der Waals surface area (Å²) in [5, 5.41) is 7.58. The van der Waals surface area contributed by atoms with Crippen LogP contribution >= 0.6 is 0 Å². The molecule has 0 aromatic heterocycles. The van der Waals surface area contributed by atoms with Crippen LogP contribution in [0.3, 0.4) is 0 Å². The molecule has 80 valence electrons. The van der Waals surface area contributed by atoms with Gasteiger partial charge in [0.05, 0.1) is 0 Å². The smallest absolute Gasteiger partial charge is 0.323 e. The molecule has 2 atom stereocenters. The number of carbonyl (C=O) groups is 1. The number of rotatable bonds is 1. The first-order valence-corrected chi connectivity index (χ1v) is 6.13. The Morgan fingerprint density at radius 1 is 1.57 bits per heavy atom. The van der Waals surface area contributed by atoms with Crippen molar-refractivity contribution in [1.82, 2.24) is 4.31 Å². The summed E-state index contributed by atoms with van der Waals surface area (Å²) in [6.07, 6.45) is 1.84. The van der Waals surface area contributed by atoms with Gasteiger partial charge in [0.25, 0.3) is 0 Å². The second-order valence-electron chi connectivity index (χ2n) is 4.25. The molecule has 5 nitrogen and oxygen atoms in total. The first-order chi connectivity index (χ1) is 6.38. The fraction of sp³-hybridized carbons (Fsp3) is 0.875. The second-order valence-corrected chi connectivity index (χ2v) is 6.29. The van der Waals surface area contributed by atoms with E-state index in [4.69, 9.17) is 5.11 Å². The van der Waals surface area contributed by atoms with E-state index in [2.05, 4.69) is 0 Å². The molecule has 2 fully saturated rings. The Morgan fingerprint density at radius 2 is 2.21 bits per heavy atom. The molecule has 0 aromatic rings. The van der Waals surface area contributed by atoms with E-state index in [1.165, 1.54) is 4.31 Å². The normalized spacial score (nSPS) is 41.1. The van der Waals surface area contributed by atoms with Gasteiger partial charge in [-0.25, -0.2) is 8.42 Å². The van der Waals surface area contributed by atoms with Crippen molar-refractivity contribution in [3.8, 4) is 0 Å². The number of hydrogen-bond donors (Lipinski definition) is 1. The van der Waals surface area contributed by atoms with Crippen LogP contribution in [0.15, 0.2) is 0 Å². The van der Waals surface area contributed by atoms with E-state index in [-0.39, 0.29) is 6.42 Å². The van der Waals surface area contributed by atoms with Crippen LogP contribution in [0.4, 0.5) is 0 Å². The first kappa shape index (κ1) is 9.92. The fourth-order valence-corrected chi connectivity index (χ4v) is 4.80. The molecule has 0 radical (unpaired) electrons. The first-order valence-electron chi connectivity index (χ1n) is 4.62. The lowest BCUT2D eigenvalue weighted by atomic mass is 9.94. The number of carboxylic acid groups (broad SMARTS) is 1. The van der Waals surface area contributed by atoms with Crippen molar-refractivity contribution in [3.63, 3.8) is 0 Å². The van der Waals surface area contributed by atoms with Gasteiger partial charge in [0, 0.05) is 12.1 Å². The van der Waals surface area contributed by atoms with Crippen molar-refractivity contribution in [2.24, 2.45) is 0 Å². The molecule has 0 saturated carbocycles. The third-order valence-corrected chi connectivity index (χ3v) is 5.57. The molecule has 0 aromatic carbocycles. The number of hydrogen-bond acceptors (Lipinski definition) is 3. The Bertz CT molecular complexity index is 377. The molecule has 2 rings (SSSR count). The Hall–Kier alpha value is -0.620. The summed E-state index contributed by atoms with van der Waals surface area (Å²) in [6.45, 7) is 2.31. The highest BCUT2D eigenvalue weighted by atomic mass is 32.2. The average Bonchev–Trinajstić information content (AvgIpc) is 2.50. The van der Waals surface area contributed by atoms with Crippen molar-refractivity contribution in [2.45, 2.75) is 37.0 Å². The Labute approximate surface area is 82.8 Å². The standard InChI is InChI=1S/C8H13NO4S/c1-8-3-2-4-9(8)14(12,13)6(5-8)7(10)11/h6H,2-5H2,1H3,(H,10,11). The minimum absolute atomic E-state index is 0.227. The summed E-state index contributed by atoms with van der Waals surface area (Å²) in [5.41, 5.74) is -0.443. The van der Waals surface area contributed by atoms with Gasteiger partial charge in [-0.2, -0.15) is 4.31 Å². The van der Waals surface area contributed by atoms with E-state index < -0.39 is 26.8 Å². The lowest BCUT2D eigenvalue weighted by molar-refractivity contribution is -0.136. The summed E-state index contributed by atoms with van der Waals surface area (Å²) >= 11 is 0. The summed E-state index contributed by atoms with van der Waals surface area (Å²) < 4.78 is 24.9. The van der Waals surface area contributed by atoms with Crippen molar-refractivity contribution in [3.05, 3.63) is 0 Å². The van der Waals surface area contributed by atoms with Gasteiger partial charge in [-0.15, -0.1) is 0 Å². The number of carboxylic acids is 1. The van der Waals surface area contributed by atoms with Crippen molar-refractivity contribution >= 4 is 16.0 Å². The van der Waals surface area contributed by atoms with Gasteiger partial charge in [-0.3, -0.25) is 4.79 Å². The summed E-state index contributed by atoms with van der Waals surface area (Å²) in [4.78, 5) is 10.8. The molecule has 14 heavy (non-hydrogen) atoms. The van der Waals surface area contributed by atoms with Crippen LogP contribution in [-0.2, 0) is 14.8 Å². The van der Waals surface area contributed by atoms with Crippen LogP contribution in [0, 0.1) is 0 Å². The molecule has 2 unspecified atom stereocenters. The molecular formula is C8H13NO4S. The second kappa shape index (κ2) is 2.70. The van der Waals surface area contributed by atoms with E-state index in [1.807, 2.05) is 6.92 Å². The lowest BCUT2D eigenvalue weighted by Crippen LogP contribution is -2.38. The third kappa shape index (κ3) is 1.10. The average molecular weight is 219 g/mol. The zero-order valence-corrected chi connectivity index (χ0v) is 8.75. The Balaban J connectivity index is 2.44. The quantitative estimate of drug-likeness (QED) is 0.675. The number of aliphatic carboxylic acids is 1. The summed E-state index contributed by atoms with van der Waals surface area (Å²) in [7, 11) is -3.59. The van der Waals surface area contributed by atoms with Crippen molar-refractivity contribution in [1.29, 1.82) is 0 Å². The van der Waals surface area contributed by atoms with Gasteiger partial charge >= 0.3 is 5.97 Å². The highest BCUT2D eigenvalue weighted by Crippen LogP contribution is 2.43. The third-order valence-electron chi connectivity index (χ3n) is 3.25. The van der Waals surface area contributed by atoms with E-state index in [9.17, 15) is 13.2 Å². The predicted molar refractivity (Wildman–Crippen MR) is 49.3 cm³/mol. The van der Waals surface area contributed by atoms with Crippen molar-refractivity contribution < 1.29 is 18.3 Å². The molecule has 6 heteroatoms. The van der Waals surface area contributed by atoms with E-state index in [1.54, 1.807) is 0 Å².